The largest absolute Gasteiger partial charge is 0.367 e. The number of amides is 1. The van der Waals surface area contributed by atoms with Gasteiger partial charge in [-0.2, -0.15) is 5.10 Å². The molecule has 0 spiro atoms. The van der Waals surface area contributed by atoms with Crippen LogP contribution >= 0.6 is 11.3 Å². The van der Waals surface area contributed by atoms with Crippen LogP contribution in [0.15, 0.2) is 24.0 Å². The highest BCUT2D eigenvalue weighted by atomic mass is 32.1. The Balaban J connectivity index is 1.63. The Bertz CT molecular complexity index is 581. The van der Waals surface area contributed by atoms with E-state index in [9.17, 15) is 4.79 Å². The highest BCUT2D eigenvalue weighted by Crippen LogP contribution is 2.23. The number of nitrogens with zero attached hydrogens (tertiary/aromatic N) is 4. The minimum Gasteiger partial charge on any atom is -0.367 e. The lowest BCUT2D eigenvalue weighted by atomic mass is 10.2. The van der Waals surface area contributed by atoms with Crippen molar-refractivity contribution in [3.8, 4) is 0 Å². The first kappa shape index (κ1) is 13.3. The monoisotopic (exact) mass is 292 g/mol. The summed E-state index contributed by atoms with van der Waals surface area (Å²) >= 11 is 1.56. The fraction of sp³-hybridized carbons (Fsp3) is 0.462. The highest BCUT2D eigenvalue weighted by molar-refractivity contribution is 7.09. The number of hydrogen-bond donors (Lipinski definition) is 0. The van der Waals surface area contributed by atoms with E-state index in [1.807, 2.05) is 23.4 Å². The molecule has 3 heterocycles. The van der Waals surface area contributed by atoms with E-state index in [-0.39, 0.29) is 18.6 Å². The van der Waals surface area contributed by atoms with E-state index in [2.05, 4.69) is 10.1 Å². The van der Waals surface area contributed by atoms with Gasteiger partial charge in [0.2, 0.25) is 5.91 Å². The summed E-state index contributed by atoms with van der Waals surface area (Å²) < 4.78 is 7.36. The van der Waals surface area contributed by atoms with Crippen molar-refractivity contribution < 1.29 is 9.53 Å². The molecule has 3 rings (SSSR count). The molecule has 1 saturated heterocycles. The summed E-state index contributed by atoms with van der Waals surface area (Å²) in [5.74, 6) is 0.0676. The minimum atomic E-state index is -0.105. The van der Waals surface area contributed by atoms with Crippen molar-refractivity contribution in [2.75, 3.05) is 19.7 Å². The fourth-order valence-corrected chi connectivity index (χ4v) is 2.89. The number of thiazole rings is 1. The van der Waals surface area contributed by atoms with Gasteiger partial charge in [0.05, 0.1) is 19.3 Å². The molecule has 1 fully saturated rings. The SMILES string of the molecule is Cc1cnn(CC(=O)N2CCO[C@H](c3nccs3)C2)c1. The maximum Gasteiger partial charge on any atom is 0.244 e. The third-order valence-corrected chi connectivity index (χ3v) is 4.07. The molecule has 106 valence electrons. The van der Waals surface area contributed by atoms with Crippen molar-refractivity contribution in [2.45, 2.75) is 19.6 Å². The normalized spacial score (nSPS) is 19.2. The van der Waals surface area contributed by atoms with Crippen LogP contribution < -0.4 is 0 Å². The smallest absolute Gasteiger partial charge is 0.244 e. The second kappa shape index (κ2) is 5.72. The van der Waals surface area contributed by atoms with Crippen molar-refractivity contribution in [1.82, 2.24) is 19.7 Å². The van der Waals surface area contributed by atoms with Gasteiger partial charge in [0.15, 0.2) is 0 Å². The molecule has 0 aromatic carbocycles. The van der Waals surface area contributed by atoms with Gasteiger partial charge < -0.3 is 9.64 Å². The van der Waals surface area contributed by atoms with E-state index in [4.69, 9.17) is 4.74 Å². The van der Waals surface area contributed by atoms with Gasteiger partial charge in [-0.25, -0.2) is 4.98 Å². The van der Waals surface area contributed by atoms with Crippen LogP contribution in [0.25, 0.3) is 0 Å². The van der Waals surface area contributed by atoms with Gasteiger partial charge in [-0.3, -0.25) is 9.48 Å². The molecule has 0 N–H and O–H groups in total. The number of carbonyl (C=O) groups excluding carboxylic acids is 1. The van der Waals surface area contributed by atoms with Crippen molar-refractivity contribution in [2.24, 2.45) is 0 Å². The zero-order chi connectivity index (χ0) is 13.9. The molecule has 1 aliphatic heterocycles. The second-order valence-electron chi connectivity index (χ2n) is 4.78. The minimum absolute atomic E-state index is 0.0676. The van der Waals surface area contributed by atoms with Crippen molar-refractivity contribution >= 4 is 17.2 Å². The molecule has 0 bridgehead atoms. The summed E-state index contributed by atoms with van der Waals surface area (Å²) in [6, 6.07) is 0. The first-order valence-corrected chi connectivity index (χ1v) is 7.38. The number of carbonyl (C=O) groups is 1. The Kier molecular flexibility index (Phi) is 3.79. The van der Waals surface area contributed by atoms with Gasteiger partial charge in [-0.05, 0) is 12.5 Å². The molecule has 2 aromatic heterocycles. The van der Waals surface area contributed by atoms with E-state index in [1.54, 1.807) is 28.4 Å². The fourth-order valence-electron chi connectivity index (χ4n) is 2.21. The molecule has 7 heteroatoms. The van der Waals surface area contributed by atoms with Gasteiger partial charge >= 0.3 is 0 Å². The van der Waals surface area contributed by atoms with Crippen LogP contribution in [0.5, 0.6) is 0 Å². The Morgan fingerprint density at radius 3 is 3.20 bits per heavy atom. The van der Waals surface area contributed by atoms with Crippen LogP contribution in [-0.4, -0.2) is 45.3 Å². The first-order chi connectivity index (χ1) is 9.72. The Morgan fingerprint density at radius 1 is 1.60 bits per heavy atom. The summed E-state index contributed by atoms with van der Waals surface area (Å²) in [6.45, 7) is 3.97. The molecular weight excluding hydrogens is 276 g/mol. The van der Waals surface area contributed by atoms with Gasteiger partial charge in [0.25, 0.3) is 0 Å². The Labute approximate surface area is 121 Å². The number of rotatable bonds is 3. The molecule has 1 atom stereocenters. The van der Waals surface area contributed by atoms with E-state index in [1.165, 1.54) is 0 Å². The van der Waals surface area contributed by atoms with Crippen LogP contribution in [0.4, 0.5) is 0 Å². The van der Waals surface area contributed by atoms with Crippen LogP contribution in [0.2, 0.25) is 0 Å². The maximum absolute atomic E-state index is 12.3. The van der Waals surface area contributed by atoms with Gasteiger partial charge in [-0.1, -0.05) is 0 Å². The Hall–Kier alpha value is -1.73. The standard InChI is InChI=1S/C13H16N4O2S/c1-10-6-15-17(7-10)9-12(18)16-3-4-19-11(8-16)13-14-2-5-20-13/h2,5-7,11H,3-4,8-9H2,1H3/t11-/m0/s1. The molecule has 1 amide bonds. The lowest BCUT2D eigenvalue weighted by Crippen LogP contribution is -2.43. The van der Waals surface area contributed by atoms with Crippen LogP contribution in [0.3, 0.4) is 0 Å². The summed E-state index contributed by atoms with van der Waals surface area (Å²) in [6.07, 6.45) is 5.28. The predicted octanol–water partition coefficient (Wildman–Crippen LogP) is 1.25. The van der Waals surface area contributed by atoms with Crippen molar-refractivity contribution in [3.05, 3.63) is 34.5 Å². The second-order valence-corrected chi connectivity index (χ2v) is 5.71. The number of aromatic nitrogens is 3. The number of ether oxygens (including phenoxy) is 1. The lowest BCUT2D eigenvalue weighted by molar-refractivity contribution is -0.139. The van der Waals surface area contributed by atoms with Crippen molar-refractivity contribution in [3.63, 3.8) is 0 Å². The number of aryl methyl sites for hydroxylation is 1. The van der Waals surface area contributed by atoms with Gasteiger partial charge in [0.1, 0.15) is 17.7 Å². The van der Waals surface area contributed by atoms with Crippen molar-refractivity contribution in [1.29, 1.82) is 0 Å². The van der Waals surface area contributed by atoms with E-state index < -0.39 is 0 Å². The molecule has 0 aliphatic carbocycles. The van der Waals surface area contributed by atoms with Gasteiger partial charge in [-0.15, -0.1) is 11.3 Å². The third kappa shape index (κ3) is 2.88. The molecule has 0 saturated carbocycles. The number of hydrogen-bond acceptors (Lipinski definition) is 5. The average Bonchev–Trinajstić information content (AvgIpc) is 3.11. The summed E-state index contributed by atoms with van der Waals surface area (Å²) in [5.41, 5.74) is 1.06. The molecule has 2 aromatic rings. The predicted molar refractivity (Wildman–Crippen MR) is 74.4 cm³/mol. The van der Waals surface area contributed by atoms with Crippen LogP contribution in [0.1, 0.15) is 16.7 Å². The number of morpholine rings is 1. The average molecular weight is 292 g/mol. The summed E-state index contributed by atoms with van der Waals surface area (Å²) in [5, 5.41) is 7.00. The van der Waals surface area contributed by atoms with Gasteiger partial charge in [0, 0.05) is 24.3 Å². The van der Waals surface area contributed by atoms with Crippen LogP contribution in [0, 0.1) is 6.92 Å². The zero-order valence-electron chi connectivity index (χ0n) is 11.2. The Morgan fingerprint density at radius 2 is 2.50 bits per heavy atom. The van der Waals surface area contributed by atoms with E-state index in [0.717, 1.165) is 10.6 Å². The summed E-state index contributed by atoms with van der Waals surface area (Å²) in [4.78, 5) is 18.4. The molecule has 1 aliphatic rings. The van der Waals surface area contributed by atoms with E-state index in [0.29, 0.717) is 19.7 Å². The van der Waals surface area contributed by atoms with E-state index >= 15 is 0 Å². The molecule has 0 radical (unpaired) electrons. The molecular formula is C13H16N4O2S. The quantitative estimate of drug-likeness (QED) is 0.854. The maximum atomic E-state index is 12.3. The molecule has 20 heavy (non-hydrogen) atoms. The molecule has 6 nitrogen and oxygen atoms in total. The molecule has 0 unspecified atom stereocenters. The summed E-state index contributed by atoms with van der Waals surface area (Å²) in [7, 11) is 0. The first-order valence-electron chi connectivity index (χ1n) is 6.50. The lowest BCUT2D eigenvalue weighted by Gasteiger charge is -2.32. The highest BCUT2D eigenvalue weighted by Gasteiger charge is 2.26. The third-order valence-electron chi connectivity index (χ3n) is 3.21. The topological polar surface area (TPSA) is 60.2 Å². The van der Waals surface area contributed by atoms with Crippen LogP contribution in [-0.2, 0) is 16.1 Å². The zero-order valence-corrected chi connectivity index (χ0v) is 12.0.